The van der Waals surface area contributed by atoms with Gasteiger partial charge in [0.25, 0.3) is 0 Å². The van der Waals surface area contributed by atoms with Gasteiger partial charge in [-0.25, -0.2) is 0 Å². The molecular formula is C38H22N4OPt. The third-order valence-corrected chi connectivity index (χ3v) is 8.07. The van der Waals surface area contributed by atoms with E-state index in [2.05, 4.69) is 88.9 Å². The van der Waals surface area contributed by atoms with Gasteiger partial charge in [-0.2, -0.15) is 11.2 Å². The number of para-hydroxylation sites is 2. The standard InChI is InChI=1S/C38H22N4O.Pt/c1-2-10-25(11-3-1)41(26-20-21-29-27-12-4-5-13-28(27)34-22-23-39-42(34)35(29)24-26)37-19-9-17-33(40-37)32-16-8-15-31-30-14-6-7-18-36(30)43-38(31)32;/h1-15,17-23H;/q-2;+2. The number of benzene rings is 5. The first kappa shape index (κ1) is 26.4. The molecule has 9 rings (SSSR count). The van der Waals surface area contributed by atoms with Crippen molar-refractivity contribution in [2.75, 3.05) is 4.90 Å². The molecule has 9 aromatic rings. The first-order valence-corrected chi connectivity index (χ1v) is 14.2. The second kappa shape index (κ2) is 10.5. The molecule has 4 heterocycles. The van der Waals surface area contributed by atoms with E-state index in [1.807, 2.05) is 71.4 Å². The number of hydrogen-bond donors (Lipinski definition) is 0. The normalized spacial score (nSPS) is 11.5. The molecule has 5 aromatic carbocycles. The van der Waals surface area contributed by atoms with E-state index >= 15 is 0 Å². The molecule has 44 heavy (non-hydrogen) atoms. The minimum atomic E-state index is 0. The summed E-state index contributed by atoms with van der Waals surface area (Å²) in [5, 5.41) is 10.2. The molecular weight excluding hydrogens is 724 g/mol. The summed E-state index contributed by atoms with van der Waals surface area (Å²) in [6.45, 7) is 0. The topological polar surface area (TPSA) is 46.6 Å². The summed E-state index contributed by atoms with van der Waals surface area (Å²) in [6, 6.07) is 50.3. The number of nitrogens with zero attached hydrogens (tertiary/aromatic N) is 4. The van der Waals surface area contributed by atoms with Gasteiger partial charge in [-0.3, -0.25) is 9.50 Å². The van der Waals surface area contributed by atoms with Crippen molar-refractivity contribution in [1.29, 1.82) is 0 Å². The Morgan fingerprint density at radius 3 is 2.34 bits per heavy atom. The molecule has 0 aliphatic heterocycles. The summed E-state index contributed by atoms with van der Waals surface area (Å²) in [5.41, 5.74) is 7.05. The van der Waals surface area contributed by atoms with Crippen molar-refractivity contribution in [1.82, 2.24) is 14.6 Å². The van der Waals surface area contributed by atoms with Crippen LogP contribution in [0.3, 0.4) is 0 Å². The molecule has 0 atom stereocenters. The zero-order chi connectivity index (χ0) is 28.3. The van der Waals surface area contributed by atoms with Gasteiger partial charge in [-0.15, -0.1) is 35.7 Å². The average Bonchev–Trinajstić information content (AvgIpc) is 3.72. The van der Waals surface area contributed by atoms with Crippen LogP contribution in [0.25, 0.3) is 60.4 Å². The van der Waals surface area contributed by atoms with E-state index in [-0.39, 0.29) is 21.1 Å². The third-order valence-electron chi connectivity index (χ3n) is 8.07. The second-order valence-electron chi connectivity index (χ2n) is 10.5. The predicted molar refractivity (Wildman–Crippen MR) is 173 cm³/mol. The molecule has 0 spiro atoms. The Balaban J connectivity index is 0.00000289. The number of pyridine rings is 2. The molecule has 0 saturated carbocycles. The van der Waals surface area contributed by atoms with Crippen LogP contribution >= 0.6 is 0 Å². The summed E-state index contributed by atoms with van der Waals surface area (Å²) in [5.74, 6) is 0.762. The largest absolute Gasteiger partial charge is 2.00 e. The van der Waals surface area contributed by atoms with Gasteiger partial charge in [0.1, 0.15) is 11.4 Å². The number of hydrogen-bond acceptors (Lipinski definition) is 4. The van der Waals surface area contributed by atoms with Gasteiger partial charge < -0.3 is 9.32 Å². The zero-order valence-electron chi connectivity index (χ0n) is 23.2. The molecule has 0 N–H and O–H groups in total. The van der Waals surface area contributed by atoms with Crippen LogP contribution in [0.1, 0.15) is 0 Å². The number of anilines is 3. The third kappa shape index (κ3) is 4.05. The predicted octanol–water partition coefficient (Wildman–Crippen LogP) is 9.67. The van der Waals surface area contributed by atoms with Gasteiger partial charge in [0.2, 0.25) is 0 Å². The van der Waals surface area contributed by atoms with Gasteiger partial charge in [-0.05, 0) is 46.9 Å². The summed E-state index contributed by atoms with van der Waals surface area (Å²) in [7, 11) is 0. The van der Waals surface area contributed by atoms with Gasteiger partial charge in [-0.1, -0.05) is 94.8 Å². The van der Waals surface area contributed by atoms with Crippen LogP contribution < -0.4 is 4.90 Å². The van der Waals surface area contributed by atoms with E-state index in [4.69, 9.17) is 9.40 Å². The molecule has 0 fully saturated rings. The summed E-state index contributed by atoms with van der Waals surface area (Å²) in [6.07, 6.45) is 1.84. The molecule has 0 unspecified atom stereocenters. The quantitative estimate of drug-likeness (QED) is 0.133. The molecule has 4 aromatic heterocycles. The van der Waals surface area contributed by atoms with Gasteiger partial charge in [0.15, 0.2) is 0 Å². The maximum Gasteiger partial charge on any atom is 2.00 e. The fourth-order valence-corrected chi connectivity index (χ4v) is 6.15. The first-order chi connectivity index (χ1) is 21.3. The van der Waals surface area contributed by atoms with Crippen LogP contribution in [0.2, 0.25) is 0 Å². The molecule has 0 saturated heterocycles. The van der Waals surface area contributed by atoms with Crippen LogP contribution in [-0.2, 0) is 21.1 Å². The van der Waals surface area contributed by atoms with Crippen molar-refractivity contribution < 1.29 is 25.5 Å². The van der Waals surface area contributed by atoms with Crippen molar-refractivity contribution >= 4 is 66.3 Å². The Kier molecular flexibility index (Phi) is 6.28. The molecule has 5 nitrogen and oxygen atoms in total. The Hall–Kier alpha value is -5.25. The van der Waals surface area contributed by atoms with Gasteiger partial charge in [0, 0.05) is 17.3 Å². The number of aromatic nitrogens is 3. The van der Waals surface area contributed by atoms with Crippen LogP contribution in [-0.4, -0.2) is 14.6 Å². The maximum atomic E-state index is 6.32. The van der Waals surface area contributed by atoms with Crippen molar-refractivity contribution in [2.45, 2.75) is 0 Å². The van der Waals surface area contributed by atoms with Crippen molar-refractivity contribution in [2.24, 2.45) is 0 Å². The molecule has 0 bridgehead atoms. The zero-order valence-corrected chi connectivity index (χ0v) is 25.5. The second-order valence-corrected chi connectivity index (χ2v) is 10.5. The van der Waals surface area contributed by atoms with E-state index in [1.165, 1.54) is 10.8 Å². The molecule has 6 heteroatoms. The van der Waals surface area contributed by atoms with E-state index in [0.717, 1.165) is 66.8 Å². The Labute approximate surface area is 267 Å². The minimum Gasteiger partial charge on any atom is -0.501 e. The average molecular weight is 746 g/mol. The van der Waals surface area contributed by atoms with Crippen molar-refractivity contribution in [3.8, 4) is 11.3 Å². The van der Waals surface area contributed by atoms with Gasteiger partial charge >= 0.3 is 21.1 Å². The molecule has 0 amide bonds. The summed E-state index contributed by atoms with van der Waals surface area (Å²) in [4.78, 5) is 7.32. The number of rotatable bonds is 4. The van der Waals surface area contributed by atoms with Crippen molar-refractivity contribution in [3.05, 3.63) is 146 Å². The SMILES string of the molecule is [Pt+2].[c-]1ccc2c(oc3ccccc32)c1-c1cccc(N(c2[c-]c3c(cc2)c2ccccc2c2ccnn32)c2ccccc2)n1. The molecule has 0 radical (unpaired) electrons. The van der Waals surface area contributed by atoms with E-state index in [9.17, 15) is 0 Å². The Bertz CT molecular complexity index is 2480. The van der Waals surface area contributed by atoms with Crippen LogP contribution in [0, 0.1) is 12.1 Å². The Morgan fingerprint density at radius 2 is 1.45 bits per heavy atom. The van der Waals surface area contributed by atoms with Crippen LogP contribution in [0.15, 0.2) is 138 Å². The van der Waals surface area contributed by atoms with Crippen LogP contribution in [0.5, 0.6) is 0 Å². The fourth-order valence-electron chi connectivity index (χ4n) is 6.15. The first-order valence-electron chi connectivity index (χ1n) is 14.2. The fraction of sp³-hybridized carbons (Fsp3) is 0. The monoisotopic (exact) mass is 745 g/mol. The molecule has 210 valence electrons. The maximum absolute atomic E-state index is 6.32. The van der Waals surface area contributed by atoms with Crippen molar-refractivity contribution in [3.63, 3.8) is 0 Å². The smallest absolute Gasteiger partial charge is 0.501 e. The summed E-state index contributed by atoms with van der Waals surface area (Å²) < 4.78 is 8.30. The van der Waals surface area contributed by atoms with E-state index in [1.54, 1.807) is 0 Å². The number of furan rings is 1. The molecule has 0 aliphatic carbocycles. The van der Waals surface area contributed by atoms with E-state index < -0.39 is 0 Å². The van der Waals surface area contributed by atoms with Gasteiger partial charge in [0.05, 0.1) is 11.1 Å². The number of fused-ring (bicyclic) bond motifs is 9. The van der Waals surface area contributed by atoms with Crippen LogP contribution in [0.4, 0.5) is 17.2 Å². The molecule has 0 aliphatic rings. The minimum absolute atomic E-state index is 0. The Morgan fingerprint density at radius 1 is 0.659 bits per heavy atom. The van der Waals surface area contributed by atoms with E-state index in [0.29, 0.717) is 0 Å². The summed E-state index contributed by atoms with van der Waals surface area (Å²) >= 11 is 0.